The number of aromatic nitrogens is 1. The fourth-order valence-corrected chi connectivity index (χ4v) is 1.37. The summed E-state index contributed by atoms with van der Waals surface area (Å²) in [5.41, 5.74) is 1.28. The fraction of sp³-hybridized carbons (Fsp3) is 0.222. The zero-order valence-electron chi connectivity index (χ0n) is 7.45. The lowest BCUT2D eigenvalue weighted by atomic mass is 10.1. The minimum absolute atomic E-state index is 0.286. The molecule has 1 rings (SSSR count). The van der Waals surface area contributed by atoms with Crippen LogP contribution in [0.25, 0.3) is 0 Å². The lowest BCUT2D eigenvalue weighted by molar-refractivity contribution is 0.0600. The molecule has 14 heavy (non-hydrogen) atoms. The minimum atomic E-state index is -0.491. The Morgan fingerprint density at radius 1 is 1.79 bits per heavy atom. The molecule has 5 heteroatoms. The third-order valence-corrected chi connectivity index (χ3v) is 2.17. The molecule has 0 spiro atoms. The van der Waals surface area contributed by atoms with Gasteiger partial charge >= 0.3 is 5.97 Å². The first kappa shape index (κ1) is 10.7. The molecular formula is C9H7BrN2O2. The Bertz CT molecular complexity index is 398. The quantitative estimate of drug-likeness (QED) is 0.595. The van der Waals surface area contributed by atoms with Gasteiger partial charge in [-0.05, 0) is 6.07 Å². The molecule has 1 aromatic heterocycles. The number of halogens is 1. The maximum atomic E-state index is 11.1. The smallest absolute Gasteiger partial charge is 0.339 e. The van der Waals surface area contributed by atoms with Crippen LogP contribution in [0.5, 0.6) is 0 Å². The van der Waals surface area contributed by atoms with Crippen molar-refractivity contribution in [3.63, 3.8) is 0 Å². The number of hydrogen-bond donors (Lipinski definition) is 0. The van der Waals surface area contributed by atoms with Crippen molar-refractivity contribution in [3.05, 3.63) is 29.1 Å². The number of ether oxygens (including phenoxy) is 1. The van der Waals surface area contributed by atoms with E-state index in [4.69, 9.17) is 5.26 Å². The fourth-order valence-electron chi connectivity index (χ4n) is 0.926. The van der Waals surface area contributed by atoms with Crippen LogP contribution in [0.3, 0.4) is 0 Å². The molecule has 0 aliphatic carbocycles. The molecule has 0 saturated carbocycles. The summed E-state index contributed by atoms with van der Waals surface area (Å²) in [6, 6.07) is 3.43. The van der Waals surface area contributed by atoms with Gasteiger partial charge in [-0.1, -0.05) is 15.9 Å². The average Bonchev–Trinajstić information content (AvgIpc) is 2.26. The molecule has 0 amide bonds. The SMILES string of the molecule is COC(=O)c1cnc(CBr)c(C#N)c1. The van der Waals surface area contributed by atoms with Crippen molar-refractivity contribution in [2.45, 2.75) is 5.33 Å². The van der Waals surface area contributed by atoms with E-state index in [0.29, 0.717) is 16.6 Å². The molecule has 0 radical (unpaired) electrons. The number of hydrogen-bond acceptors (Lipinski definition) is 4. The van der Waals surface area contributed by atoms with E-state index < -0.39 is 5.97 Å². The number of rotatable bonds is 2. The largest absolute Gasteiger partial charge is 0.465 e. The topological polar surface area (TPSA) is 63.0 Å². The van der Waals surface area contributed by atoms with Gasteiger partial charge in [0.15, 0.2) is 0 Å². The Morgan fingerprint density at radius 2 is 2.50 bits per heavy atom. The molecule has 0 bridgehead atoms. The molecule has 1 heterocycles. The summed E-state index contributed by atoms with van der Waals surface area (Å²) in [7, 11) is 1.28. The van der Waals surface area contributed by atoms with Crippen LogP contribution >= 0.6 is 15.9 Å². The standard InChI is InChI=1S/C9H7BrN2O2/c1-14-9(13)7-2-6(4-11)8(3-10)12-5-7/h2,5H,3H2,1H3. The zero-order valence-corrected chi connectivity index (χ0v) is 9.04. The Hall–Kier alpha value is -1.41. The molecular weight excluding hydrogens is 248 g/mol. The van der Waals surface area contributed by atoms with E-state index in [1.165, 1.54) is 19.4 Å². The van der Waals surface area contributed by atoms with Gasteiger partial charge in [-0.3, -0.25) is 4.98 Å². The maximum absolute atomic E-state index is 11.1. The second-order valence-electron chi connectivity index (χ2n) is 2.46. The maximum Gasteiger partial charge on any atom is 0.339 e. The first-order valence-electron chi connectivity index (χ1n) is 3.76. The van der Waals surface area contributed by atoms with Crippen molar-refractivity contribution < 1.29 is 9.53 Å². The van der Waals surface area contributed by atoms with E-state index in [1.807, 2.05) is 6.07 Å². The van der Waals surface area contributed by atoms with Crippen molar-refractivity contribution in [2.24, 2.45) is 0 Å². The molecule has 0 aliphatic heterocycles. The second kappa shape index (κ2) is 4.72. The van der Waals surface area contributed by atoms with Crippen LogP contribution < -0.4 is 0 Å². The number of esters is 1. The van der Waals surface area contributed by atoms with Crippen molar-refractivity contribution in [1.29, 1.82) is 5.26 Å². The van der Waals surface area contributed by atoms with E-state index in [2.05, 4.69) is 25.7 Å². The molecule has 0 saturated heterocycles. The molecule has 72 valence electrons. The van der Waals surface area contributed by atoms with Gasteiger partial charge in [0.05, 0.1) is 23.9 Å². The number of pyridine rings is 1. The first-order chi connectivity index (χ1) is 6.72. The lowest BCUT2D eigenvalue weighted by Crippen LogP contribution is -2.04. The second-order valence-corrected chi connectivity index (χ2v) is 3.02. The van der Waals surface area contributed by atoms with Crippen LogP contribution in [0.15, 0.2) is 12.3 Å². The summed E-state index contributed by atoms with van der Waals surface area (Å²) < 4.78 is 4.51. The van der Waals surface area contributed by atoms with E-state index in [1.54, 1.807) is 0 Å². The van der Waals surface area contributed by atoms with Gasteiger partial charge in [-0.15, -0.1) is 0 Å². The number of carbonyl (C=O) groups excluding carboxylic acids is 1. The normalized spacial score (nSPS) is 9.21. The van der Waals surface area contributed by atoms with Crippen LogP contribution in [-0.4, -0.2) is 18.1 Å². The van der Waals surface area contributed by atoms with Crippen LogP contribution in [0.1, 0.15) is 21.6 Å². The predicted octanol–water partition coefficient (Wildman–Crippen LogP) is 1.63. The summed E-state index contributed by atoms with van der Waals surface area (Å²) in [5, 5.41) is 9.25. The molecule has 0 fully saturated rings. The van der Waals surface area contributed by atoms with Crippen LogP contribution in [0, 0.1) is 11.3 Å². The van der Waals surface area contributed by atoms with Gasteiger partial charge in [0.1, 0.15) is 6.07 Å². The summed E-state index contributed by atoms with van der Waals surface area (Å²) in [5.74, 6) is -0.491. The number of nitriles is 1. The third kappa shape index (κ3) is 2.09. The number of carbonyl (C=O) groups is 1. The highest BCUT2D eigenvalue weighted by Gasteiger charge is 2.09. The Balaban J connectivity index is 3.15. The highest BCUT2D eigenvalue weighted by atomic mass is 79.9. The van der Waals surface area contributed by atoms with Crippen molar-refractivity contribution in [2.75, 3.05) is 7.11 Å². The highest BCUT2D eigenvalue weighted by molar-refractivity contribution is 9.08. The lowest BCUT2D eigenvalue weighted by Gasteiger charge is -2.01. The van der Waals surface area contributed by atoms with Gasteiger partial charge in [0.25, 0.3) is 0 Å². The van der Waals surface area contributed by atoms with Crippen LogP contribution in [-0.2, 0) is 10.1 Å². The molecule has 0 atom stereocenters. The predicted molar refractivity (Wildman–Crippen MR) is 52.9 cm³/mol. The van der Waals surface area contributed by atoms with Gasteiger partial charge in [-0.25, -0.2) is 4.79 Å². The molecule has 0 aromatic carbocycles. The molecule has 0 N–H and O–H groups in total. The average molecular weight is 255 g/mol. The summed E-state index contributed by atoms with van der Waals surface area (Å²) in [4.78, 5) is 15.1. The summed E-state index contributed by atoms with van der Waals surface area (Å²) in [6.45, 7) is 0. The summed E-state index contributed by atoms with van der Waals surface area (Å²) in [6.07, 6.45) is 1.39. The van der Waals surface area contributed by atoms with Gasteiger partial charge in [-0.2, -0.15) is 5.26 Å². The highest BCUT2D eigenvalue weighted by Crippen LogP contribution is 2.11. The minimum Gasteiger partial charge on any atom is -0.465 e. The third-order valence-electron chi connectivity index (χ3n) is 1.64. The Morgan fingerprint density at radius 3 is 3.00 bits per heavy atom. The molecule has 0 unspecified atom stereocenters. The number of nitrogens with zero attached hydrogens (tertiary/aromatic N) is 2. The van der Waals surface area contributed by atoms with E-state index in [9.17, 15) is 4.79 Å². The van der Waals surface area contributed by atoms with E-state index >= 15 is 0 Å². The van der Waals surface area contributed by atoms with E-state index in [-0.39, 0.29) is 5.56 Å². The summed E-state index contributed by atoms with van der Waals surface area (Å²) >= 11 is 3.20. The number of alkyl halides is 1. The van der Waals surface area contributed by atoms with Gasteiger partial charge < -0.3 is 4.74 Å². The molecule has 4 nitrogen and oxygen atoms in total. The van der Waals surface area contributed by atoms with E-state index in [0.717, 1.165) is 0 Å². The Kier molecular flexibility index (Phi) is 3.60. The van der Waals surface area contributed by atoms with Crippen molar-refractivity contribution in [1.82, 2.24) is 4.98 Å². The monoisotopic (exact) mass is 254 g/mol. The molecule has 0 aliphatic rings. The zero-order chi connectivity index (χ0) is 10.6. The van der Waals surface area contributed by atoms with Crippen LogP contribution in [0.4, 0.5) is 0 Å². The number of methoxy groups -OCH3 is 1. The van der Waals surface area contributed by atoms with Gasteiger partial charge in [0.2, 0.25) is 0 Å². The van der Waals surface area contributed by atoms with Gasteiger partial charge in [0, 0.05) is 11.5 Å². The van der Waals surface area contributed by atoms with Crippen LogP contribution in [0.2, 0.25) is 0 Å². The van der Waals surface area contributed by atoms with Crippen molar-refractivity contribution in [3.8, 4) is 6.07 Å². The van der Waals surface area contributed by atoms with Crippen molar-refractivity contribution >= 4 is 21.9 Å². The Labute approximate surface area is 89.6 Å². The molecule has 1 aromatic rings. The first-order valence-corrected chi connectivity index (χ1v) is 4.88.